The molecule has 0 radical (unpaired) electrons. The molecular weight excluding hydrogens is 285 g/mol. The van der Waals surface area contributed by atoms with Gasteiger partial charge in [0.25, 0.3) is 0 Å². The van der Waals surface area contributed by atoms with Crippen LogP contribution in [0.4, 0.5) is 4.39 Å². The molecule has 0 aliphatic carbocycles. The molecular formula is C16H14FN3S. The third kappa shape index (κ3) is 2.64. The summed E-state index contributed by atoms with van der Waals surface area (Å²) < 4.78 is 16.5. The average molecular weight is 299 g/mol. The minimum atomic E-state index is -0.256. The largest absolute Gasteiger partial charge is 0.320 e. The van der Waals surface area contributed by atoms with Crippen LogP contribution in [0.3, 0.4) is 0 Å². The first-order valence-electron chi connectivity index (χ1n) is 6.64. The van der Waals surface area contributed by atoms with E-state index < -0.39 is 0 Å². The molecule has 0 saturated carbocycles. The summed E-state index contributed by atoms with van der Waals surface area (Å²) in [5.74, 6) is -0.256. The molecule has 0 aliphatic rings. The lowest BCUT2D eigenvalue weighted by Crippen LogP contribution is -2.10. The van der Waals surface area contributed by atoms with Gasteiger partial charge in [0.2, 0.25) is 0 Å². The molecule has 0 spiro atoms. The fourth-order valence-electron chi connectivity index (χ4n) is 2.35. The molecule has 3 rings (SSSR count). The highest BCUT2D eigenvalue weighted by atomic mass is 32.1. The molecule has 1 unspecified atom stereocenters. The zero-order valence-electron chi connectivity index (χ0n) is 11.5. The van der Waals surface area contributed by atoms with E-state index in [-0.39, 0.29) is 11.9 Å². The van der Waals surface area contributed by atoms with Crippen molar-refractivity contribution in [2.24, 2.45) is 0 Å². The Morgan fingerprint density at radius 1 is 1.14 bits per heavy atom. The standard InChI is InChI=1S/C16H14FN3S/c1-11(20-16(21)18-10-19-20)14-8-7-13(9-15(14)17)12-5-3-2-4-6-12/h2-11H,1H3,(H,18,19,21). The van der Waals surface area contributed by atoms with Crippen LogP contribution in [-0.4, -0.2) is 14.8 Å². The van der Waals surface area contributed by atoms with Crippen molar-refractivity contribution in [3.63, 3.8) is 0 Å². The predicted octanol–water partition coefficient (Wildman–Crippen LogP) is 4.36. The van der Waals surface area contributed by atoms with Crippen LogP contribution < -0.4 is 0 Å². The van der Waals surface area contributed by atoms with Gasteiger partial charge < -0.3 is 4.98 Å². The molecule has 0 amide bonds. The number of rotatable bonds is 3. The Balaban J connectivity index is 1.99. The van der Waals surface area contributed by atoms with Crippen molar-refractivity contribution < 1.29 is 4.39 Å². The first-order chi connectivity index (χ1) is 10.2. The van der Waals surface area contributed by atoms with Gasteiger partial charge in [-0.15, -0.1) is 0 Å². The summed E-state index contributed by atoms with van der Waals surface area (Å²) in [6.45, 7) is 1.87. The van der Waals surface area contributed by atoms with E-state index in [2.05, 4.69) is 10.1 Å². The minimum absolute atomic E-state index is 0.256. The molecule has 1 aromatic heterocycles. The monoisotopic (exact) mass is 299 g/mol. The zero-order chi connectivity index (χ0) is 14.8. The van der Waals surface area contributed by atoms with Crippen LogP contribution in [0.1, 0.15) is 18.5 Å². The first kappa shape index (κ1) is 13.7. The van der Waals surface area contributed by atoms with E-state index in [1.807, 2.05) is 43.3 Å². The van der Waals surface area contributed by atoms with Gasteiger partial charge in [-0.05, 0) is 36.3 Å². The molecule has 0 bridgehead atoms. The maximum absolute atomic E-state index is 14.4. The third-order valence-electron chi connectivity index (χ3n) is 3.50. The second-order valence-electron chi connectivity index (χ2n) is 4.82. The molecule has 1 heterocycles. The molecule has 3 nitrogen and oxygen atoms in total. The molecule has 5 heteroatoms. The molecule has 1 N–H and O–H groups in total. The zero-order valence-corrected chi connectivity index (χ0v) is 12.3. The predicted molar refractivity (Wildman–Crippen MR) is 83.1 cm³/mol. The second kappa shape index (κ2) is 5.61. The van der Waals surface area contributed by atoms with Crippen molar-refractivity contribution >= 4 is 12.2 Å². The summed E-state index contributed by atoms with van der Waals surface area (Å²) >= 11 is 5.13. The average Bonchev–Trinajstić information content (AvgIpc) is 2.93. The summed E-state index contributed by atoms with van der Waals surface area (Å²) in [5.41, 5.74) is 2.42. The van der Waals surface area contributed by atoms with Crippen LogP contribution in [-0.2, 0) is 0 Å². The molecule has 1 atom stereocenters. The fraction of sp³-hybridized carbons (Fsp3) is 0.125. The summed E-state index contributed by atoms with van der Waals surface area (Å²) in [5, 5.41) is 4.10. The molecule has 3 aromatic rings. The number of halogens is 1. The highest BCUT2D eigenvalue weighted by Gasteiger charge is 2.15. The molecule has 0 saturated heterocycles. The van der Waals surface area contributed by atoms with Crippen molar-refractivity contribution in [1.82, 2.24) is 14.8 Å². The smallest absolute Gasteiger partial charge is 0.195 e. The normalized spacial score (nSPS) is 12.3. The summed E-state index contributed by atoms with van der Waals surface area (Å²) in [7, 11) is 0. The molecule has 0 fully saturated rings. The number of aromatic amines is 1. The number of nitrogens with one attached hydrogen (secondary N) is 1. The van der Waals surface area contributed by atoms with Gasteiger partial charge in [-0.2, -0.15) is 5.10 Å². The van der Waals surface area contributed by atoms with Gasteiger partial charge in [0, 0.05) is 5.56 Å². The van der Waals surface area contributed by atoms with Crippen LogP contribution >= 0.6 is 12.2 Å². The summed E-state index contributed by atoms with van der Waals surface area (Å²) in [6.07, 6.45) is 1.51. The van der Waals surface area contributed by atoms with E-state index in [0.29, 0.717) is 10.3 Å². The molecule has 21 heavy (non-hydrogen) atoms. The van der Waals surface area contributed by atoms with E-state index in [1.165, 1.54) is 6.33 Å². The van der Waals surface area contributed by atoms with Gasteiger partial charge in [0.15, 0.2) is 4.77 Å². The number of hydrogen-bond donors (Lipinski definition) is 1. The topological polar surface area (TPSA) is 33.6 Å². The van der Waals surface area contributed by atoms with E-state index >= 15 is 0 Å². The minimum Gasteiger partial charge on any atom is -0.320 e. The van der Waals surface area contributed by atoms with Crippen LogP contribution in [0.2, 0.25) is 0 Å². The number of aromatic nitrogens is 3. The van der Waals surface area contributed by atoms with Crippen LogP contribution in [0, 0.1) is 10.6 Å². The Labute approximate surface area is 127 Å². The Bertz CT molecular complexity index is 808. The van der Waals surface area contributed by atoms with Gasteiger partial charge in [0.1, 0.15) is 12.1 Å². The number of benzene rings is 2. The summed E-state index contributed by atoms with van der Waals surface area (Å²) in [6, 6.07) is 14.7. The van der Waals surface area contributed by atoms with E-state index in [4.69, 9.17) is 12.2 Å². The SMILES string of the molecule is CC(c1ccc(-c2ccccc2)cc1F)n1nc[nH]c1=S. The Morgan fingerprint density at radius 2 is 1.90 bits per heavy atom. The lowest BCUT2D eigenvalue weighted by Gasteiger charge is -2.14. The van der Waals surface area contributed by atoms with Crippen LogP contribution in [0.25, 0.3) is 11.1 Å². The van der Waals surface area contributed by atoms with Crippen LogP contribution in [0.15, 0.2) is 54.9 Å². The Morgan fingerprint density at radius 3 is 2.52 bits per heavy atom. The van der Waals surface area contributed by atoms with Crippen molar-refractivity contribution in [3.8, 4) is 11.1 Å². The third-order valence-corrected chi connectivity index (χ3v) is 3.81. The van der Waals surface area contributed by atoms with Crippen molar-refractivity contribution in [1.29, 1.82) is 0 Å². The first-order valence-corrected chi connectivity index (χ1v) is 7.04. The van der Waals surface area contributed by atoms with Crippen molar-refractivity contribution in [2.45, 2.75) is 13.0 Å². The van der Waals surface area contributed by atoms with E-state index in [9.17, 15) is 4.39 Å². The molecule has 106 valence electrons. The number of H-pyrrole nitrogens is 1. The van der Waals surface area contributed by atoms with E-state index in [0.717, 1.165) is 11.1 Å². The lowest BCUT2D eigenvalue weighted by molar-refractivity contribution is 0.516. The van der Waals surface area contributed by atoms with Gasteiger partial charge >= 0.3 is 0 Å². The maximum atomic E-state index is 14.4. The number of nitrogens with zero attached hydrogens (tertiary/aromatic N) is 2. The summed E-state index contributed by atoms with van der Waals surface area (Å²) in [4.78, 5) is 2.82. The molecule has 2 aromatic carbocycles. The van der Waals surface area contributed by atoms with Gasteiger partial charge in [0.05, 0.1) is 6.04 Å². The highest BCUT2D eigenvalue weighted by molar-refractivity contribution is 7.71. The second-order valence-corrected chi connectivity index (χ2v) is 5.20. The van der Waals surface area contributed by atoms with Crippen molar-refractivity contribution in [3.05, 3.63) is 71.0 Å². The lowest BCUT2D eigenvalue weighted by atomic mass is 10.0. The van der Waals surface area contributed by atoms with E-state index in [1.54, 1.807) is 16.8 Å². The highest BCUT2D eigenvalue weighted by Crippen LogP contribution is 2.26. The Kier molecular flexibility index (Phi) is 3.66. The number of hydrogen-bond acceptors (Lipinski definition) is 2. The maximum Gasteiger partial charge on any atom is 0.195 e. The van der Waals surface area contributed by atoms with Gasteiger partial charge in [-0.25, -0.2) is 9.07 Å². The molecule has 0 aliphatic heterocycles. The Hall–Kier alpha value is -2.27. The van der Waals surface area contributed by atoms with Gasteiger partial charge in [-0.3, -0.25) is 0 Å². The van der Waals surface area contributed by atoms with Crippen molar-refractivity contribution in [2.75, 3.05) is 0 Å². The van der Waals surface area contributed by atoms with Crippen LogP contribution in [0.5, 0.6) is 0 Å². The quantitative estimate of drug-likeness (QED) is 0.729. The van der Waals surface area contributed by atoms with Gasteiger partial charge in [-0.1, -0.05) is 42.5 Å². The fourth-order valence-corrected chi connectivity index (χ4v) is 2.61.